The van der Waals surface area contributed by atoms with Crippen molar-refractivity contribution in [1.82, 2.24) is 15.5 Å². The fourth-order valence-corrected chi connectivity index (χ4v) is 2.51. The van der Waals surface area contributed by atoms with Crippen LogP contribution in [0.25, 0.3) is 0 Å². The van der Waals surface area contributed by atoms with Crippen LogP contribution in [0.4, 0.5) is 5.69 Å². The standard InChI is InChI=1S/C18H26N4O/c1-12-7-9-16(10-8-12)20-18(23)15(4)19-11-5-6-17-13(2)21-22-14(17)3/h7-10,15,19H,5-6,11H2,1-4H3,(H,20,23)(H,21,22)/t15-/m1/s1. The van der Waals surface area contributed by atoms with Gasteiger partial charge in [0.2, 0.25) is 5.91 Å². The Hall–Kier alpha value is -2.14. The number of nitrogens with zero attached hydrogens (tertiary/aromatic N) is 1. The van der Waals surface area contributed by atoms with Gasteiger partial charge in [0, 0.05) is 11.4 Å². The van der Waals surface area contributed by atoms with Gasteiger partial charge in [-0.3, -0.25) is 9.89 Å². The number of aromatic nitrogens is 2. The fourth-order valence-electron chi connectivity index (χ4n) is 2.51. The molecule has 0 saturated heterocycles. The fraction of sp³-hybridized carbons (Fsp3) is 0.444. The van der Waals surface area contributed by atoms with Gasteiger partial charge < -0.3 is 10.6 Å². The third-order valence-corrected chi connectivity index (χ3v) is 4.05. The summed E-state index contributed by atoms with van der Waals surface area (Å²) in [7, 11) is 0. The summed E-state index contributed by atoms with van der Waals surface area (Å²) in [5.74, 6) is -0.00970. The Labute approximate surface area is 137 Å². The Morgan fingerprint density at radius 2 is 1.91 bits per heavy atom. The molecule has 1 aromatic carbocycles. The van der Waals surface area contributed by atoms with Crippen molar-refractivity contribution >= 4 is 11.6 Å². The van der Waals surface area contributed by atoms with Gasteiger partial charge in [0.15, 0.2) is 0 Å². The van der Waals surface area contributed by atoms with Crippen molar-refractivity contribution in [2.24, 2.45) is 0 Å². The summed E-state index contributed by atoms with van der Waals surface area (Å²) < 4.78 is 0. The van der Waals surface area contributed by atoms with Crippen LogP contribution in [-0.4, -0.2) is 28.7 Å². The van der Waals surface area contributed by atoms with Crippen LogP contribution in [0.1, 0.15) is 35.9 Å². The molecule has 1 amide bonds. The number of hydrogen-bond acceptors (Lipinski definition) is 3. The third kappa shape index (κ3) is 4.93. The quantitative estimate of drug-likeness (QED) is 0.688. The molecule has 5 heteroatoms. The second-order valence-corrected chi connectivity index (χ2v) is 6.05. The molecule has 2 aromatic rings. The van der Waals surface area contributed by atoms with Crippen molar-refractivity contribution in [2.75, 3.05) is 11.9 Å². The Bertz CT molecular complexity index is 626. The highest BCUT2D eigenvalue weighted by molar-refractivity contribution is 5.94. The van der Waals surface area contributed by atoms with E-state index in [0.29, 0.717) is 0 Å². The van der Waals surface area contributed by atoms with Gasteiger partial charge >= 0.3 is 0 Å². The predicted molar refractivity (Wildman–Crippen MR) is 93.7 cm³/mol. The highest BCUT2D eigenvalue weighted by Crippen LogP contribution is 2.11. The van der Waals surface area contributed by atoms with E-state index >= 15 is 0 Å². The number of carbonyl (C=O) groups is 1. The van der Waals surface area contributed by atoms with Crippen molar-refractivity contribution < 1.29 is 4.79 Å². The maximum Gasteiger partial charge on any atom is 0.241 e. The molecule has 2 rings (SSSR count). The van der Waals surface area contributed by atoms with Gasteiger partial charge in [0.1, 0.15) is 0 Å². The van der Waals surface area contributed by atoms with E-state index in [2.05, 4.69) is 20.8 Å². The number of anilines is 1. The smallest absolute Gasteiger partial charge is 0.241 e. The first kappa shape index (κ1) is 17.2. The second-order valence-electron chi connectivity index (χ2n) is 6.05. The summed E-state index contributed by atoms with van der Waals surface area (Å²) in [6.45, 7) is 8.77. The molecule has 3 N–H and O–H groups in total. The van der Waals surface area contributed by atoms with Crippen LogP contribution < -0.4 is 10.6 Å². The van der Waals surface area contributed by atoms with E-state index in [1.54, 1.807) is 0 Å². The number of H-pyrrole nitrogens is 1. The Morgan fingerprint density at radius 3 is 2.52 bits per heavy atom. The molecule has 1 atom stereocenters. The largest absolute Gasteiger partial charge is 0.325 e. The monoisotopic (exact) mass is 314 g/mol. The maximum atomic E-state index is 12.1. The molecule has 23 heavy (non-hydrogen) atoms. The van der Waals surface area contributed by atoms with Crippen molar-refractivity contribution in [3.8, 4) is 0 Å². The van der Waals surface area contributed by atoms with Crippen LogP contribution in [0.15, 0.2) is 24.3 Å². The first-order valence-electron chi connectivity index (χ1n) is 8.08. The molecular formula is C18H26N4O. The van der Waals surface area contributed by atoms with Crippen molar-refractivity contribution in [1.29, 1.82) is 0 Å². The summed E-state index contributed by atoms with van der Waals surface area (Å²) in [6, 6.07) is 7.60. The molecule has 0 aliphatic rings. The van der Waals surface area contributed by atoms with E-state index in [9.17, 15) is 4.79 Å². The third-order valence-electron chi connectivity index (χ3n) is 4.05. The number of aryl methyl sites for hydroxylation is 3. The number of amides is 1. The van der Waals surface area contributed by atoms with Crippen molar-refractivity contribution in [2.45, 2.75) is 46.6 Å². The molecule has 0 fully saturated rings. The van der Waals surface area contributed by atoms with E-state index in [0.717, 1.165) is 36.5 Å². The van der Waals surface area contributed by atoms with Crippen LogP contribution in [0.3, 0.4) is 0 Å². The van der Waals surface area contributed by atoms with E-state index in [1.165, 1.54) is 11.1 Å². The van der Waals surface area contributed by atoms with E-state index in [-0.39, 0.29) is 11.9 Å². The molecule has 0 radical (unpaired) electrons. The lowest BCUT2D eigenvalue weighted by molar-refractivity contribution is -0.117. The van der Waals surface area contributed by atoms with Gasteiger partial charge in [0.25, 0.3) is 0 Å². The average Bonchev–Trinajstić information content (AvgIpc) is 2.85. The molecule has 0 aliphatic heterocycles. The summed E-state index contributed by atoms with van der Waals surface area (Å²) >= 11 is 0. The number of aromatic amines is 1. The predicted octanol–water partition coefficient (Wildman–Crippen LogP) is 2.88. The van der Waals surface area contributed by atoms with Gasteiger partial charge in [-0.15, -0.1) is 0 Å². The van der Waals surface area contributed by atoms with Gasteiger partial charge in [-0.25, -0.2) is 0 Å². The zero-order valence-corrected chi connectivity index (χ0v) is 14.4. The van der Waals surface area contributed by atoms with E-state index < -0.39 is 0 Å². The minimum atomic E-state index is -0.220. The van der Waals surface area contributed by atoms with Crippen LogP contribution in [0.5, 0.6) is 0 Å². The number of hydrogen-bond donors (Lipinski definition) is 3. The summed E-state index contributed by atoms with van der Waals surface area (Å²) in [4.78, 5) is 12.1. The summed E-state index contributed by atoms with van der Waals surface area (Å²) in [6.07, 6.45) is 1.94. The van der Waals surface area contributed by atoms with Crippen molar-refractivity contribution in [3.05, 3.63) is 46.8 Å². The van der Waals surface area contributed by atoms with Crippen LogP contribution in [0, 0.1) is 20.8 Å². The molecule has 124 valence electrons. The van der Waals surface area contributed by atoms with Crippen molar-refractivity contribution in [3.63, 3.8) is 0 Å². The molecule has 0 aliphatic carbocycles. The highest BCUT2D eigenvalue weighted by Gasteiger charge is 2.12. The zero-order valence-electron chi connectivity index (χ0n) is 14.4. The molecule has 1 heterocycles. The van der Waals surface area contributed by atoms with Gasteiger partial charge in [-0.05, 0) is 64.8 Å². The summed E-state index contributed by atoms with van der Waals surface area (Å²) in [5, 5.41) is 13.4. The van der Waals surface area contributed by atoms with Gasteiger partial charge in [-0.2, -0.15) is 5.10 Å². The average molecular weight is 314 g/mol. The minimum Gasteiger partial charge on any atom is -0.325 e. The second kappa shape index (κ2) is 7.92. The first-order valence-corrected chi connectivity index (χ1v) is 8.08. The van der Waals surface area contributed by atoms with Crippen LogP contribution >= 0.6 is 0 Å². The SMILES string of the molecule is Cc1ccc(NC(=O)[C@@H](C)NCCCc2c(C)n[nH]c2C)cc1. The number of benzene rings is 1. The molecule has 0 spiro atoms. The number of rotatable bonds is 7. The van der Waals surface area contributed by atoms with Crippen LogP contribution in [0.2, 0.25) is 0 Å². The maximum absolute atomic E-state index is 12.1. The first-order chi connectivity index (χ1) is 11.0. The minimum absolute atomic E-state index is 0.00970. The molecule has 5 nitrogen and oxygen atoms in total. The molecule has 0 bridgehead atoms. The molecule has 1 aromatic heterocycles. The zero-order chi connectivity index (χ0) is 16.8. The van der Waals surface area contributed by atoms with E-state index in [1.807, 2.05) is 52.0 Å². The topological polar surface area (TPSA) is 69.8 Å². The van der Waals surface area contributed by atoms with E-state index in [4.69, 9.17) is 0 Å². The Balaban J connectivity index is 1.72. The Morgan fingerprint density at radius 1 is 1.22 bits per heavy atom. The molecule has 0 saturated carbocycles. The van der Waals surface area contributed by atoms with Gasteiger partial charge in [0.05, 0.1) is 11.7 Å². The molecular weight excluding hydrogens is 288 g/mol. The highest BCUT2D eigenvalue weighted by atomic mass is 16.2. The lowest BCUT2D eigenvalue weighted by Gasteiger charge is -2.14. The lowest BCUT2D eigenvalue weighted by atomic mass is 10.1. The number of nitrogens with one attached hydrogen (secondary N) is 3. The summed E-state index contributed by atoms with van der Waals surface area (Å²) in [5.41, 5.74) is 5.49. The number of carbonyl (C=O) groups excluding carboxylic acids is 1. The lowest BCUT2D eigenvalue weighted by Crippen LogP contribution is -2.38. The van der Waals surface area contributed by atoms with Crippen LogP contribution in [-0.2, 0) is 11.2 Å². The normalized spacial score (nSPS) is 12.2. The van der Waals surface area contributed by atoms with Gasteiger partial charge in [-0.1, -0.05) is 17.7 Å². The Kier molecular flexibility index (Phi) is 5.93. The molecule has 0 unspecified atom stereocenters.